The van der Waals surface area contributed by atoms with Crippen LogP contribution in [-0.2, 0) is 6.42 Å². The first-order chi connectivity index (χ1) is 11.0. The lowest BCUT2D eigenvalue weighted by Crippen LogP contribution is -2.11. The minimum absolute atomic E-state index is 0.130. The molecule has 2 aromatic heterocycles. The van der Waals surface area contributed by atoms with E-state index in [2.05, 4.69) is 10.3 Å². The monoisotopic (exact) mass is 346 g/mol. The molecule has 0 bridgehead atoms. The Hall–Kier alpha value is -2.05. The van der Waals surface area contributed by atoms with E-state index in [9.17, 15) is 9.18 Å². The summed E-state index contributed by atoms with van der Waals surface area (Å²) in [7, 11) is 0. The molecule has 2 heterocycles. The maximum Gasteiger partial charge on any atom is 0.258 e. The van der Waals surface area contributed by atoms with Crippen molar-refractivity contribution in [2.75, 3.05) is 5.32 Å². The minimum atomic E-state index is -0.243. The first-order valence-electron chi connectivity index (χ1n) is 7.08. The van der Waals surface area contributed by atoms with Gasteiger partial charge in [0.15, 0.2) is 5.13 Å². The second-order valence-corrected chi connectivity index (χ2v) is 7.42. The van der Waals surface area contributed by atoms with Crippen LogP contribution >= 0.6 is 22.7 Å². The van der Waals surface area contributed by atoms with Crippen LogP contribution < -0.4 is 5.32 Å². The number of nitrogens with one attached hydrogen (secondary N) is 1. The quantitative estimate of drug-likeness (QED) is 0.737. The summed E-state index contributed by atoms with van der Waals surface area (Å²) in [6.07, 6.45) is 2.42. The van der Waals surface area contributed by atoms with Crippen molar-refractivity contribution in [2.24, 2.45) is 0 Å². The van der Waals surface area contributed by atoms with Crippen molar-refractivity contribution in [1.82, 2.24) is 4.98 Å². The summed E-state index contributed by atoms with van der Waals surface area (Å²) in [6.45, 7) is 3.95. The SMILES string of the molecule is Cc1scc(C(=O)Nc2ncc(Cc3ccc(F)cc3)s2)c1C. The van der Waals surface area contributed by atoms with Crippen LogP contribution in [0, 0.1) is 19.7 Å². The highest BCUT2D eigenvalue weighted by Crippen LogP contribution is 2.24. The first-order valence-corrected chi connectivity index (χ1v) is 8.77. The number of rotatable bonds is 4. The molecule has 0 spiro atoms. The average molecular weight is 346 g/mol. The van der Waals surface area contributed by atoms with Gasteiger partial charge in [-0.05, 0) is 37.1 Å². The second kappa shape index (κ2) is 6.60. The predicted molar refractivity (Wildman–Crippen MR) is 93.1 cm³/mol. The molecule has 0 unspecified atom stereocenters. The summed E-state index contributed by atoms with van der Waals surface area (Å²) in [4.78, 5) is 18.7. The molecule has 6 heteroatoms. The highest BCUT2D eigenvalue weighted by Gasteiger charge is 2.14. The van der Waals surface area contributed by atoms with E-state index < -0.39 is 0 Å². The fourth-order valence-corrected chi connectivity index (χ4v) is 3.86. The molecule has 0 fully saturated rings. The average Bonchev–Trinajstić information content (AvgIpc) is 3.09. The molecule has 118 valence electrons. The van der Waals surface area contributed by atoms with Crippen LogP contribution in [0.5, 0.6) is 0 Å². The zero-order chi connectivity index (χ0) is 16.4. The summed E-state index contributed by atoms with van der Waals surface area (Å²) in [5.74, 6) is -0.373. The molecular weight excluding hydrogens is 331 g/mol. The minimum Gasteiger partial charge on any atom is -0.298 e. The number of carbonyl (C=O) groups excluding carboxylic acids is 1. The molecule has 0 saturated carbocycles. The summed E-state index contributed by atoms with van der Waals surface area (Å²) >= 11 is 3.00. The van der Waals surface area contributed by atoms with E-state index in [1.54, 1.807) is 29.7 Å². The lowest BCUT2D eigenvalue weighted by molar-refractivity contribution is 0.102. The molecule has 0 aliphatic rings. The van der Waals surface area contributed by atoms with E-state index in [1.807, 2.05) is 19.2 Å². The van der Waals surface area contributed by atoms with Gasteiger partial charge in [-0.25, -0.2) is 9.37 Å². The molecule has 0 atom stereocenters. The van der Waals surface area contributed by atoms with Crippen molar-refractivity contribution in [3.05, 3.63) is 68.1 Å². The lowest BCUT2D eigenvalue weighted by atomic mass is 10.1. The Morgan fingerprint density at radius 2 is 2.00 bits per heavy atom. The Labute approximate surface area is 141 Å². The van der Waals surface area contributed by atoms with Crippen molar-refractivity contribution in [1.29, 1.82) is 0 Å². The Balaban J connectivity index is 1.68. The van der Waals surface area contributed by atoms with Crippen LogP contribution in [-0.4, -0.2) is 10.9 Å². The molecule has 0 aliphatic heterocycles. The predicted octanol–water partition coefficient (Wildman–Crippen LogP) is 4.80. The summed E-state index contributed by atoms with van der Waals surface area (Å²) in [5, 5.41) is 5.29. The van der Waals surface area contributed by atoms with Crippen molar-refractivity contribution in [2.45, 2.75) is 20.3 Å². The number of halogens is 1. The fourth-order valence-electron chi connectivity index (χ4n) is 2.15. The van der Waals surface area contributed by atoms with Crippen LogP contribution in [0.1, 0.15) is 31.2 Å². The van der Waals surface area contributed by atoms with Gasteiger partial charge in [-0.15, -0.1) is 22.7 Å². The number of benzene rings is 1. The van der Waals surface area contributed by atoms with Gasteiger partial charge < -0.3 is 0 Å². The van der Waals surface area contributed by atoms with Crippen molar-refractivity contribution >= 4 is 33.7 Å². The standard InChI is InChI=1S/C17H15FN2OS2/c1-10-11(2)22-9-15(10)16(21)20-17-19-8-14(23-17)7-12-3-5-13(18)6-4-12/h3-6,8-9H,7H2,1-2H3,(H,19,20,21). The number of aromatic nitrogens is 1. The molecule has 0 saturated heterocycles. The molecule has 1 amide bonds. The number of nitrogens with zero attached hydrogens (tertiary/aromatic N) is 1. The third-order valence-corrected chi connectivity index (χ3v) is 5.52. The first kappa shape index (κ1) is 15.8. The fraction of sp³-hybridized carbons (Fsp3) is 0.176. The van der Waals surface area contributed by atoms with Gasteiger partial charge in [0, 0.05) is 27.8 Å². The van der Waals surface area contributed by atoms with Gasteiger partial charge in [-0.3, -0.25) is 10.1 Å². The molecular formula is C17H15FN2OS2. The second-order valence-electron chi connectivity index (χ2n) is 5.22. The normalized spacial score (nSPS) is 10.7. The third-order valence-electron chi connectivity index (χ3n) is 3.60. The van der Waals surface area contributed by atoms with E-state index in [1.165, 1.54) is 23.5 Å². The van der Waals surface area contributed by atoms with Gasteiger partial charge in [-0.2, -0.15) is 0 Å². The number of hydrogen-bond acceptors (Lipinski definition) is 4. The molecule has 1 N–H and O–H groups in total. The highest BCUT2D eigenvalue weighted by atomic mass is 32.1. The highest BCUT2D eigenvalue weighted by molar-refractivity contribution is 7.15. The molecule has 3 aromatic rings. The van der Waals surface area contributed by atoms with E-state index in [0.29, 0.717) is 17.1 Å². The number of thiazole rings is 1. The van der Waals surface area contributed by atoms with Crippen molar-refractivity contribution in [3.8, 4) is 0 Å². The molecule has 3 rings (SSSR count). The van der Waals surface area contributed by atoms with E-state index in [0.717, 1.165) is 20.9 Å². The van der Waals surface area contributed by atoms with Crippen LogP contribution in [0.3, 0.4) is 0 Å². The summed E-state index contributed by atoms with van der Waals surface area (Å²) in [6, 6.07) is 6.40. The van der Waals surface area contributed by atoms with Gasteiger partial charge in [0.05, 0.1) is 5.56 Å². The van der Waals surface area contributed by atoms with Crippen molar-refractivity contribution in [3.63, 3.8) is 0 Å². The molecule has 1 aromatic carbocycles. The van der Waals surface area contributed by atoms with Crippen molar-refractivity contribution < 1.29 is 9.18 Å². The lowest BCUT2D eigenvalue weighted by Gasteiger charge is -2.01. The Kier molecular flexibility index (Phi) is 4.54. The summed E-state index contributed by atoms with van der Waals surface area (Å²) < 4.78 is 12.9. The number of hydrogen-bond donors (Lipinski definition) is 1. The van der Waals surface area contributed by atoms with Gasteiger partial charge >= 0.3 is 0 Å². The zero-order valence-electron chi connectivity index (χ0n) is 12.7. The molecule has 3 nitrogen and oxygen atoms in total. The van der Waals surface area contributed by atoms with Crippen LogP contribution in [0.2, 0.25) is 0 Å². The van der Waals surface area contributed by atoms with E-state index in [-0.39, 0.29) is 11.7 Å². The molecule has 0 radical (unpaired) electrons. The van der Waals surface area contributed by atoms with Crippen LogP contribution in [0.4, 0.5) is 9.52 Å². The molecule has 0 aliphatic carbocycles. The number of carbonyl (C=O) groups is 1. The maximum atomic E-state index is 12.9. The smallest absolute Gasteiger partial charge is 0.258 e. The van der Waals surface area contributed by atoms with E-state index in [4.69, 9.17) is 0 Å². The van der Waals surface area contributed by atoms with Gasteiger partial charge in [0.1, 0.15) is 5.82 Å². The largest absolute Gasteiger partial charge is 0.298 e. The van der Waals surface area contributed by atoms with Gasteiger partial charge in [-0.1, -0.05) is 12.1 Å². The molecule has 23 heavy (non-hydrogen) atoms. The van der Waals surface area contributed by atoms with Gasteiger partial charge in [0.2, 0.25) is 0 Å². The van der Waals surface area contributed by atoms with E-state index >= 15 is 0 Å². The summed E-state index contributed by atoms with van der Waals surface area (Å²) in [5.41, 5.74) is 2.72. The Bertz CT molecular complexity index is 837. The Morgan fingerprint density at radius 1 is 1.26 bits per heavy atom. The number of anilines is 1. The Morgan fingerprint density at radius 3 is 2.65 bits per heavy atom. The van der Waals surface area contributed by atoms with Crippen LogP contribution in [0.15, 0.2) is 35.8 Å². The van der Waals surface area contributed by atoms with Crippen LogP contribution in [0.25, 0.3) is 0 Å². The number of aryl methyl sites for hydroxylation is 1. The maximum absolute atomic E-state index is 12.9. The third kappa shape index (κ3) is 3.65. The zero-order valence-corrected chi connectivity index (χ0v) is 14.4. The number of thiophene rings is 1. The topological polar surface area (TPSA) is 42.0 Å². The number of amides is 1. The van der Waals surface area contributed by atoms with Gasteiger partial charge in [0.25, 0.3) is 5.91 Å².